The van der Waals surface area contributed by atoms with E-state index in [2.05, 4.69) is 20.6 Å². The fraction of sp³-hybridized carbons (Fsp3) is 0.588. The van der Waals surface area contributed by atoms with Crippen LogP contribution in [0, 0.1) is 5.92 Å². The minimum Gasteiger partial charge on any atom is -0.381 e. The fourth-order valence-electron chi connectivity index (χ4n) is 2.33. The minimum atomic E-state index is -0.0350. The first-order valence-electron chi connectivity index (χ1n) is 8.45. The second-order valence-corrected chi connectivity index (χ2v) is 6.62. The van der Waals surface area contributed by atoms with E-state index in [0.717, 1.165) is 38.2 Å². The summed E-state index contributed by atoms with van der Waals surface area (Å²) in [6.45, 7) is 3.17. The molecule has 2 heterocycles. The van der Waals surface area contributed by atoms with Gasteiger partial charge in [0.25, 0.3) is 0 Å². The average molecular weight is 368 g/mol. The van der Waals surface area contributed by atoms with Gasteiger partial charge >= 0.3 is 0 Å². The smallest absolute Gasteiger partial charge is 0.243 e. The van der Waals surface area contributed by atoms with Crippen molar-refractivity contribution in [1.82, 2.24) is 20.5 Å². The molecule has 1 unspecified atom stereocenters. The van der Waals surface area contributed by atoms with Crippen LogP contribution in [0.4, 0.5) is 0 Å². The van der Waals surface area contributed by atoms with E-state index in [9.17, 15) is 4.79 Å². The molecule has 1 saturated heterocycles. The van der Waals surface area contributed by atoms with Gasteiger partial charge < -0.3 is 20.3 Å². The minimum absolute atomic E-state index is 0.0350. The molecular formula is C17H26ClN5O2. The van der Waals surface area contributed by atoms with Crippen LogP contribution >= 0.6 is 11.6 Å². The number of carbonyl (C=O) groups excluding carboxylic acids is 1. The molecule has 0 bridgehead atoms. The lowest BCUT2D eigenvalue weighted by Gasteiger charge is -2.15. The molecule has 0 radical (unpaired) electrons. The third kappa shape index (κ3) is 7.27. The third-order valence-corrected chi connectivity index (χ3v) is 4.17. The molecule has 0 saturated carbocycles. The van der Waals surface area contributed by atoms with E-state index in [1.807, 2.05) is 6.07 Å². The topological polar surface area (TPSA) is 78.9 Å². The van der Waals surface area contributed by atoms with Crippen molar-refractivity contribution in [1.29, 1.82) is 0 Å². The van der Waals surface area contributed by atoms with Crippen molar-refractivity contribution in [3.05, 3.63) is 29.0 Å². The second kappa shape index (κ2) is 10.2. The maximum absolute atomic E-state index is 11.8. The number of carbonyl (C=O) groups is 1. The predicted octanol–water partition coefficient (Wildman–Crippen LogP) is 0.937. The Labute approximate surface area is 153 Å². The molecule has 2 rings (SSSR count). The summed E-state index contributed by atoms with van der Waals surface area (Å²) in [4.78, 5) is 21.7. The molecule has 0 aromatic carbocycles. The van der Waals surface area contributed by atoms with Gasteiger partial charge in [0.2, 0.25) is 5.91 Å². The number of aliphatic imine (C=N–C) groups is 1. The first-order chi connectivity index (χ1) is 12.0. The number of hydrogen-bond donors (Lipinski definition) is 2. The lowest BCUT2D eigenvalue weighted by atomic mass is 10.1. The number of nitrogens with one attached hydrogen (secondary N) is 2. The van der Waals surface area contributed by atoms with Crippen LogP contribution in [0.3, 0.4) is 0 Å². The number of pyridine rings is 1. The van der Waals surface area contributed by atoms with Crippen LogP contribution in [-0.4, -0.2) is 68.7 Å². The first kappa shape index (κ1) is 19.5. The van der Waals surface area contributed by atoms with Gasteiger partial charge in [-0.15, -0.1) is 0 Å². The molecule has 1 amide bonds. The monoisotopic (exact) mass is 367 g/mol. The van der Waals surface area contributed by atoms with Crippen molar-refractivity contribution in [3.63, 3.8) is 0 Å². The number of guanidine groups is 1. The molecule has 0 aliphatic carbocycles. The summed E-state index contributed by atoms with van der Waals surface area (Å²) < 4.78 is 5.39. The third-order valence-electron chi connectivity index (χ3n) is 3.95. The van der Waals surface area contributed by atoms with Gasteiger partial charge in [-0.3, -0.25) is 4.79 Å². The molecule has 25 heavy (non-hydrogen) atoms. The Kier molecular flexibility index (Phi) is 7.94. The van der Waals surface area contributed by atoms with Gasteiger partial charge in [0.1, 0.15) is 11.7 Å². The zero-order chi connectivity index (χ0) is 18.1. The molecule has 7 nitrogen and oxygen atoms in total. The summed E-state index contributed by atoms with van der Waals surface area (Å²) in [5, 5.41) is 7.06. The Morgan fingerprint density at radius 1 is 1.44 bits per heavy atom. The molecule has 0 spiro atoms. The molecule has 1 aromatic rings. The molecule has 1 aliphatic rings. The van der Waals surface area contributed by atoms with Gasteiger partial charge in [-0.25, -0.2) is 9.98 Å². The normalized spacial score (nSPS) is 17.4. The summed E-state index contributed by atoms with van der Waals surface area (Å²) >= 11 is 5.79. The van der Waals surface area contributed by atoms with E-state index < -0.39 is 0 Å². The zero-order valence-corrected chi connectivity index (χ0v) is 15.6. The van der Waals surface area contributed by atoms with Crippen LogP contribution < -0.4 is 10.6 Å². The lowest BCUT2D eigenvalue weighted by molar-refractivity contribution is -0.127. The fourth-order valence-corrected chi connectivity index (χ4v) is 2.44. The highest BCUT2D eigenvalue weighted by Crippen LogP contribution is 2.10. The van der Waals surface area contributed by atoms with Crippen molar-refractivity contribution in [2.45, 2.75) is 12.8 Å². The van der Waals surface area contributed by atoms with Crippen LogP contribution in [0.2, 0.25) is 5.15 Å². The molecule has 2 N–H and O–H groups in total. The number of aromatic nitrogens is 1. The van der Waals surface area contributed by atoms with E-state index in [-0.39, 0.29) is 12.5 Å². The Morgan fingerprint density at radius 2 is 2.28 bits per heavy atom. The van der Waals surface area contributed by atoms with E-state index in [1.165, 1.54) is 4.90 Å². The van der Waals surface area contributed by atoms with Crippen LogP contribution in [0.1, 0.15) is 12.0 Å². The quantitative estimate of drug-likeness (QED) is 0.426. The summed E-state index contributed by atoms with van der Waals surface area (Å²) in [5.74, 6) is 1.09. The number of amides is 1. The van der Waals surface area contributed by atoms with E-state index in [4.69, 9.17) is 16.3 Å². The van der Waals surface area contributed by atoms with Gasteiger partial charge in [0, 0.05) is 45.9 Å². The van der Waals surface area contributed by atoms with Crippen LogP contribution in [0.25, 0.3) is 0 Å². The SMILES string of the molecule is CN(C)C(=O)CN=C(NCCc1ccc(Cl)nc1)NCC1CCOC1. The Bertz CT molecular complexity index is 571. The summed E-state index contributed by atoms with van der Waals surface area (Å²) in [5.41, 5.74) is 1.09. The highest BCUT2D eigenvalue weighted by Gasteiger charge is 2.16. The molecule has 1 aromatic heterocycles. The highest BCUT2D eigenvalue weighted by atomic mass is 35.5. The van der Waals surface area contributed by atoms with Crippen molar-refractivity contribution < 1.29 is 9.53 Å². The standard InChI is InChI=1S/C17H26ClN5O2/c1-23(2)16(24)11-22-17(21-10-14-6-8-25-12-14)19-7-5-13-3-4-15(18)20-9-13/h3-4,9,14H,5-8,10-12H2,1-2H3,(H2,19,21,22). The Balaban J connectivity index is 1.84. The van der Waals surface area contributed by atoms with Crippen molar-refractivity contribution >= 4 is 23.5 Å². The summed E-state index contributed by atoms with van der Waals surface area (Å²) in [7, 11) is 3.45. The maximum atomic E-state index is 11.8. The highest BCUT2D eigenvalue weighted by molar-refractivity contribution is 6.29. The number of nitrogens with zero attached hydrogens (tertiary/aromatic N) is 3. The van der Waals surface area contributed by atoms with Crippen molar-refractivity contribution in [2.75, 3.05) is 46.9 Å². The molecule has 1 fully saturated rings. The summed E-state index contributed by atoms with van der Waals surface area (Å²) in [6, 6.07) is 3.73. The van der Waals surface area contributed by atoms with Gasteiger partial charge in [-0.2, -0.15) is 0 Å². The number of rotatable bonds is 7. The van der Waals surface area contributed by atoms with Crippen LogP contribution in [0.15, 0.2) is 23.3 Å². The van der Waals surface area contributed by atoms with E-state index >= 15 is 0 Å². The Hall–Kier alpha value is -1.86. The molecule has 8 heteroatoms. The van der Waals surface area contributed by atoms with Crippen LogP contribution in [0.5, 0.6) is 0 Å². The molecular weight excluding hydrogens is 342 g/mol. The van der Waals surface area contributed by atoms with Gasteiger partial charge in [0.15, 0.2) is 5.96 Å². The van der Waals surface area contributed by atoms with E-state index in [0.29, 0.717) is 23.6 Å². The predicted molar refractivity (Wildman–Crippen MR) is 98.9 cm³/mol. The first-order valence-corrected chi connectivity index (χ1v) is 8.83. The van der Waals surface area contributed by atoms with Gasteiger partial charge in [-0.1, -0.05) is 17.7 Å². The number of hydrogen-bond acceptors (Lipinski definition) is 4. The second-order valence-electron chi connectivity index (χ2n) is 6.23. The lowest BCUT2D eigenvalue weighted by Crippen LogP contribution is -2.41. The van der Waals surface area contributed by atoms with Crippen molar-refractivity contribution in [3.8, 4) is 0 Å². The largest absolute Gasteiger partial charge is 0.381 e. The molecule has 138 valence electrons. The average Bonchev–Trinajstić information content (AvgIpc) is 3.11. The summed E-state index contributed by atoms with van der Waals surface area (Å²) in [6.07, 6.45) is 3.60. The van der Waals surface area contributed by atoms with Gasteiger partial charge in [-0.05, 0) is 24.5 Å². The van der Waals surface area contributed by atoms with Crippen LogP contribution in [-0.2, 0) is 16.0 Å². The van der Waals surface area contributed by atoms with Gasteiger partial charge in [0.05, 0.1) is 6.61 Å². The molecule has 1 aliphatic heterocycles. The zero-order valence-electron chi connectivity index (χ0n) is 14.8. The Morgan fingerprint density at radius 3 is 2.92 bits per heavy atom. The number of likely N-dealkylation sites (N-methyl/N-ethyl adjacent to an activating group) is 1. The number of halogens is 1. The van der Waals surface area contributed by atoms with E-state index in [1.54, 1.807) is 26.4 Å². The maximum Gasteiger partial charge on any atom is 0.243 e. The van der Waals surface area contributed by atoms with Crippen molar-refractivity contribution in [2.24, 2.45) is 10.9 Å². The number of ether oxygens (including phenoxy) is 1. The molecule has 1 atom stereocenters.